The maximum absolute atomic E-state index is 15.2. The molecule has 3 aromatic rings. The van der Waals surface area contributed by atoms with E-state index in [-0.39, 0.29) is 24.3 Å². The summed E-state index contributed by atoms with van der Waals surface area (Å²) in [5, 5.41) is 1.02. The zero-order chi connectivity index (χ0) is 31.9. The Morgan fingerprint density at radius 1 is 1.20 bits per heavy atom. The summed E-state index contributed by atoms with van der Waals surface area (Å²) in [6.45, 7) is 3.92. The lowest BCUT2D eigenvalue weighted by Crippen LogP contribution is -2.51. The van der Waals surface area contributed by atoms with E-state index < -0.39 is 26.8 Å². The molecule has 0 radical (unpaired) electrons. The maximum Gasteiger partial charge on any atom is 0.264 e. The standard InChI is InChI=1S/C32H42FN3O7S/c1-32(44(4,39)40,31(38)34-43-29-8-5-6-19-42-29)14-17-36-16-13-25-21-24(10-12-27(25)30(36)37)26-11-9-23(20-28(26)33)22-35(2)15-7-18-41-3/h9-13,16,20-21,29H,5-8,14-15,17-19,22H2,1-4H3,(H,34,38)/t29?,32-/m1/s1. The number of aromatic nitrogens is 1. The number of benzene rings is 2. The van der Waals surface area contributed by atoms with Gasteiger partial charge < -0.3 is 18.9 Å². The number of amides is 1. The van der Waals surface area contributed by atoms with Gasteiger partial charge in [-0.15, -0.1) is 0 Å². The molecule has 0 spiro atoms. The van der Waals surface area contributed by atoms with Crippen molar-refractivity contribution in [3.8, 4) is 11.1 Å². The van der Waals surface area contributed by atoms with Crippen LogP contribution < -0.4 is 11.0 Å². The van der Waals surface area contributed by atoms with Crippen molar-refractivity contribution in [1.29, 1.82) is 0 Å². The van der Waals surface area contributed by atoms with Crippen LogP contribution in [-0.2, 0) is 42.0 Å². The van der Waals surface area contributed by atoms with Gasteiger partial charge in [-0.1, -0.05) is 18.2 Å². The Balaban J connectivity index is 1.47. The molecule has 1 aromatic heterocycles. The van der Waals surface area contributed by atoms with Gasteiger partial charge >= 0.3 is 0 Å². The van der Waals surface area contributed by atoms with Gasteiger partial charge in [-0.05, 0) is 80.4 Å². The van der Waals surface area contributed by atoms with Crippen molar-refractivity contribution in [1.82, 2.24) is 14.9 Å². The van der Waals surface area contributed by atoms with Crippen LogP contribution in [0.25, 0.3) is 21.9 Å². The van der Waals surface area contributed by atoms with Gasteiger partial charge in [0.05, 0.1) is 0 Å². The monoisotopic (exact) mass is 631 g/mol. The number of hydrogen-bond acceptors (Lipinski definition) is 8. The second-order valence-corrected chi connectivity index (χ2v) is 14.1. The smallest absolute Gasteiger partial charge is 0.264 e. The first kappa shape index (κ1) is 33.7. The molecule has 0 saturated carbocycles. The Morgan fingerprint density at radius 2 is 2.00 bits per heavy atom. The summed E-state index contributed by atoms with van der Waals surface area (Å²) in [6, 6.07) is 12.0. The molecule has 1 aliphatic heterocycles. The highest BCUT2D eigenvalue weighted by molar-refractivity contribution is 7.92. The number of hydrogen-bond donors (Lipinski definition) is 1. The second kappa shape index (κ2) is 14.7. The van der Waals surface area contributed by atoms with Gasteiger partial charge in [-0.3, -0.25) is 9.59 Å². The number of fused-ring (bicyclic) bond motifs is 1. The van der Waals surface area contributed by atoms with Gasteiger partial charge in [-0.25, -0.2) is 23.1 Å². The van der Waals surface area contributed by atoms with E-state index >= 15 is 4.39 Å². The van der Waals surface area contributed by atoms with Crippen LogP contribution >= 0.6 is 0 Å². The number of ether oxygens (including phenoxy) is 2. The summed E-state index contributed by atoms with van der Waals surface area (Å²) in [5.74, 6) is -1.17. The first-order valence-corrected chi connectivity index (χ1v) is 16.7. The largest absolute Gasteiger partial charge is 0.385 e. The van der Waals surface area contributed by atoms with Crippen molar-refractivity contribution in [2.45, 2.75) is 63.2 Å². The third-order valence-electron chi connectivity index (χ3n) is 8.21. The molecule has 1 N–H and O–H groups in total. The van der Waals surface area contributed by atoms with E-state index in [9.17, 15) is 18.0 Å². The van der Waals surface area contributed by atoms with Crippen molar-refractivity contribution in [2.75, 3.05) is 40.2 Å². The Labute approximate surface area is 258 Å². The molecule has 0 bridgehead atoms. The minimum absolute atomic E-state index is 0.0244. The molecular formula is C32H42FN3O7S. The van der Waals surface area contributed by atoms with Crippen LogP contribution in [0.15, 0.2) is 53.5 Å². The van der Waals surface area contributed by atoms with Crippen molar-refractivity contribution in [2.24, 2.45) is 0 Å². The molecule has 44 heavy (non-hydrogen) atoms. The Kier molecular flexibility index (Phi) is 11.3. The van der Waals surface area contributed by atoms with Gasteiger partial charge in [0.25, 0.3) is 11.5 Å². The van der Waals surface area contributed by atoms with Crippen LogP contribution in [0.4, 0.5) is 4.39 Å². The summed E-state index contributed by atoms with van der Waals surface area (Å²) in [5.41, 5.74) is 3.84. The number of carbonyl (C=O) groups excluding carboxylic acids is 1. The minimum Gasteiger partial charge on any atom is -0.385 e. The van der Waals surface area contributed by atoms with Gasteiger partial charge in [0.1, 0.15) is 5.82 Å². The fourth-order valence-electron chi connectivity index (χ4n) is 5.22. The molecule has 1 aliphatic rings. The molecule has 10 nitrogen and oxygen atoms in total. The summed E-state index contributed by atoms with van der Waals surface area (Å²) >= 11 is 0. The van der Waals surface area contributed by atoms with Crippen LogP contribution in [-0.4, -0.2) is 75.0 Å². The zero-order valence-corrected chi connectivity index (χ0v) is 26.6. The van der Waals surface area contributed by atoms with E-state index in [2.05, 4.69) is 10.4 Å². The highest BCUT2D eigenvalue weighted by atomic mass is 32.2. The fraction of sp³-hybridized carbons (Fsp3) is 0.500. The van der Waals surface area contributed by atoms with E-state index in [0.717, 1.165) is 37.6 Å². The molecule has 12 heteroatoms. The normalized spacial score (nSPS) is 17.1. The molecule has 240 valence electrons. The van der Waals surface area contributed by atoms with E-state index in [1.807, 2.05) is 13.1 Å². The van der Waals surface area contributed by atoms with Crippen molar-refractivity contribution in [3.05, 3.63) is 70.4 Å². The first-order chi connectivity index (χ1) is 20.9. The number of aryl methyl sites for hydroxylation is 1. The van der Waals surface area contributed by atoms with Crippen LogP contribution in [0.1, 0.15) is 44.6 Å². The van der Waals surface area contributed by atoms with Gasteiger partial charge in [0.2, 0.25) is 0 Å². The molecule has 1 saturated heterocycles. The molecular weight excluding hydrogens is 589 g/mol. The Morgan fingerprint density at radius 3 is 2.68 bits per heavy atom. The highest BCUT2D eigenvalue weighted by Crippen LogP contribution is 2.28. The summed E-state index contributed by atoms with van der Waals surface area (Å²) in [7, 11) is -0.239. The maximum atomic E-state index is 15.2. The molecule has 1 amide bonds. The average Bonchev–Trinajstić information content (AvgIpc) is 2.99. The molecule has 4 rings (SSSR count). The topological polar surface area (TPSA) is 116 Å². The number of hydroxylamine groups is 1. The number of nitrogens with zero attached hydrogens (tertiary/aromatic N) is 2. The van der Waals surface area contributed by atoms with E-state index in [1.54, 1.807) is 43.6 Å². The number of carbonyl (C=O) groups is 1. The second-order valence-electron chi connectivity index (χ2n) is 11.6. The van der Waals surface area contributed by atoms with Crippen molar-refractivity contribution >= 4 is 26.5 Å². The van der Waals surface area contributed by atoms with Crippen LogP contribution in [0.5, 0.6) is 0 Å². The lowest BCUT2D eigenvalue weighted by molar-refractivity contribution is -0.201. The third-order valence-corrected chi connectivity index (χ3v) is 10.2. The molecule has 2 aromatic carbocycles. The zero-order valence-electron chi connectivity index (χ0n) is 25.8. The van der Waals surface area contributed by atoms with Gasteiger partial charge in [0.15, 0.2) is 20.9 Å². The first-order valence-electron chi connectivity index (χ1n) is 14.8. The molecule has 2 atom stereocenters. The Hall–Kier alpha value is -3.16. The number of pyridine rings is 1. The lowest BCUT2D eigenvalue weighted by Gasteiger charge is -2.28. The third kappa shape index (κ3) is 8.10. The van der Waals surface area contributed by atoms with Crippen LogP contribution in [0, 0.1) is 5.82 Å². The molecule has 1 unspecified atom stereocenters. The van der Waals surface area contributed by atoms with E-state index in [0.29, 0.717) is 48.1 Å². The van der Waals surface area contributed by atoms with Crippen molar-refractivity contribution < 1.29 is 31.9 Å². The average molecular weight is 632 g/mol. The number of methoxy groups -OCH3 is 1. The van der Waals surface area contributed by atoms with E-state index in [4.69, 9.17) is 14.3 Å². The van der Waals surface area contributed by atoms with Crippen LogP contribution in [0.2, 0.25) is 0 Å². The molecule has 0 aliphatic carbocycles. The number of sulfone groups is 1. The predicted molar refractivity (Wildman–Crippen MR) is 167 cm³/mol. The van der Waals surface area contributed by atoms with Gasteiger partial charge in [0, 0.05) is 69.8 Å². The number of nitrogens with one attached hydrogen (secondary N) is 1. The summed E-state index contributed by atoms with van der Waals surface area (Å²) < 4.78 is 50.7. The molecule has 2 heterocycles. The van der Waals surface area contributed by atoms with E-state index in [1.165, 1.54) is 17.6 Å². The minimum atomic E-state index is -3.89. The molecule has 1 fully saturated rings. The van der Waals surface area contributed by atoms with Gasteiger partial charge in [-0.2, -0.15) is 0 Å². The summed E-state index contributed by atoms with van der Waals surface area (Å²) in [4.78, 5) is 33.8. The number of rotatable bonds is 14. The number of halogens is 1. The lowest BCUT2D eigenvalue weighted by atomic mass is 10.00. The van der Waals surface area contributed by atoms with Crippen LogP contribution in [0.3, 0.4) is 0 Å². The Bertz CT molecular complexity index is 1620. The summed E-state index contributed by atoms with van der Waals surface area (Å²) in [6.07, 6.45) is 5.02. The fourth-order valence-corrected chi connectivity index (χ4v) is 6.07. The quantitative estimate of drug-likeness (QED) is 0.209. The predicted octanol–water partition coefficient (Wildman–Crippen LogP) is 4.04. The SMILES string of the molecule is COCCCN(C)Cc1ccc(-c2ccc3c(=O)n(CC[C@](C)(C(=O)NOC4CCCCO4)S(C)(=O)=O)ccc3c2)c(F)c1. The van der Waals surface area contributed by atoms with Crippen molar-refractivity contribution in [3.63, 3.8) is 0 Å². The highest BCUT2D eigenvalue weighted by Gasteiger charge is 2.44.